The van der Waals surface area contributed by atoms with Crippen molar-refractivity contribution in [2.24, 2.45) is 5.92 Å². The highest BCUT2D eigenvalue weighted by molar-refractivity contribution is 9.13. The van der Waals surface area contributed by atoms with Crippen LogP contribution >= 0.6 is 31.9 Å². The first-order chi connectivity index (χ1) is 7.63. The second-order valence-electron chi connectivity index (χ2n) is 3.94. The minimum absolute atomic E-state index is 0.545. The molecule has 2 nitrogen and oxygen atoms in total. The number of ether oxygens (including phenoxy) is 1. The van der Waals surface area contributed by atoms with Crippen LogP contribution < -0.4 is 5.32 Å². The largest absolute Gasteiger partial charge is 0.384 e. The Bertz CT molecular complexity index is 331. The topological polar surface area (TPSA) is 21.3 Å². The van der Waals surface area contributed by atoms with Crippen molar-refractivity contribution in [3.63, 3.8) is 0 Å². The van der Waals surface area contributed by atoms with Gasteiger partial charge in [-0.1, -0.05) is 13.0 Å². The molecule has 1 unspecified atom stereocenters. The fraction of sp³-hybridized carbons (Fsp3) is 0.500. The number of rotatable bonds is 6. The van der Waals surface area contributed by atoms with Crippen LogP contribution in [0.4, 0.5) is 0 Å². The number of methoxy groups -OCH3 is 1. The number of hydrogen-bond donors (Lipinski definition) is 1. The summed E-state index contributed by atoms with van der Waals surface area (Å²) in [4.78, 5) is 0. The highest BCUT2D eigenvalue weighted by atomic mass is 79.9. The van der Waals surface area contributed by atoms with Crippen LogP contribution in [0, 0.1) is 5.92 Å². The predicted molar refractivity (Wildman–Crippen MR) is 74.6 cm³/mol. The van der Waals surface area contributed by atoms with Gasteiger partial charge < -0.3 is 10.1 Å². The molecular formula is C12H17Br2NO. The van der Waals surface area contributed by atoms with Gasteiger partial charge in [0.15, 0.2) is 0 Å². The molecule has 0 aromatic heterocycles. The van der Waals surface area contributed by atoms with Gasteiger partial charge in [0.05, 0.1) is 0 Å². The third-order valence-corrected chi connectivity index (χ3v) is 4.14. The summed E-state index contributed by atoms with van der Waals surface area (Å²) in [5.41, 5.74) is 1.28. The minimum Gasteiger partial charge on any atom is -0.384 e. The first-order valence-electron chi connectivity index (χ1n) is 5.27. The molecule has 0 amide bonds. The first kappa shape index (κ1) is 14.2. The zero-order chi connectivity index (χ0) is 12.0. The van der Waals surface area contributed by atoms with Gasteiger partial charge in [0.2, 0.25) is 0 Å². The van der Waals surface area contributed by atoms with E-state index in [-0.39, 0.29) is 0 Å². The molecule has 0 bridgehead atoms. The first-order valence-corrected chi connectivity index (χ1v) is 6.85. The molecule has 0 spiro atoms. The Kier molecular flexibility index (Phi) is 6.58. The SMILES string of the molecule is COCC(C)CNCc1ccc(Br)c(Br)c1. The Morgan fingerprint density at radius 1 is 1.31 bits per heavy atom. The summed E-state index contributed by atoms with van der Waals surface area (Å²) in [6.45, 7) is 4.84. The van der Waals surface area contributed by atoms with E-state index >= 15 is 0 Å². The maximum Gasteiger partial charge on any atom is 0.0499 e. The zero-order valence-corrected chi connectivity index (χ0v) is 12.8. The third kappa shape index (κ3) is 4.95. The number of benzene rings is 1. The summed E-state index contributed by atoms with van der Waals surface area (Å²) in [5, 5.41) is 3.42. The molecule has 0 fully saturated rings. The average Bonchev–Trinajstić information content (AvgIpc) is 2.24. The zero-order valence-electron chi connectivity index (χ0n) is 9.59. The van der Waals surface area contributed by atoms with Crippen LogP contribution in [-0.2, 0) is 11.3 Å². The molecule has 1 atom stereocenters. The molecule has 0 aliphatic heterocycles. The molecular weight excluding hydrogens is 334 g/mol. The van der Waals surface area contributed by atoms with Crippen molar-refractivity contribution in [2.75, 3.05) is 20.3 Å². The molecule has 16 heavy (non-hydrogen) atoms. The van der Waals surface area contributed by atoms with Crippen molar-refractivity contribution < 1.29 is 4.74 Å². The molecule has 1 rings (SSSR count). The summed E-state index contributed by atoms with van der Waals surface area (Å²) in [6, 6.07) is 6.29. The van der Waals surface area contributed by atoms with Gasteiger partial charge in [-0.2, -0.15) is 0 Å². The monoisotopic (exact) mass is 349 g/mol. The molecule has 1 aromatic rings. The number of halogens is 2. The van der Waals surface area contributed by atoms with Crippen LogP contribution in [0.1, 0.15) is 12.5 Å². The molecule has 1 N–H and O–H groups in total. The third-order valence-electron chi connectivity index (χ3n) is 2.26. The quantitative estimate of drug-likeness (QED) is 0.846. The predicted octanol–water partition coefficient (Wildman–Crippen LogP) is 3.58. The van der Waals surface area contributed by atoms with Crippen molar-refractivity contribution in [3.05, 3.63) is 32.7 Å². The maximum absolute atomic E-state index is 5.09. The fourth-order valence-electron chi connectivity index (χ4n) is 1.46. The second-order valence-corrected chi connectivity index (χ2v) is 5.65. The molecule has 0 aliphatic rings. The van der Waals surface area contributed by atoms with Gasteiger partial charge in [-0.3, -0.25) is 0 Å². The molecule has 0 saturated carbocycles. The van der Waals surface area contributed by atoms with Gasteiger partial charge in [-0.25, -0.2) is 0 Å². The second kappa shape index (κ2) is 7.43. The fourth-order valence-corrected chi connectivity index (χ4v) is 2.13. The Morgan fingerprint density at radius 3 is 2.69 bits per heavy atom. The van der Waals surface area contributed by atoms with Crippen LogP contribution in [0.3, 0.4) is 0 Å². The molecule has 90 valence electrons. The molecule has 1 aromatic carbocycles. The standard InChI is InChI=1S/C12H17Br2NO/c1-9(8-16-2)6-15-7-10-3-4-11(13)12(14)5-10/h3-5,9,15H,6-8H2,1-2H3. The van der Waals surface area contributed by atoms with Crippen molar-refractivity contribution in [1.29, 1.82) is 0 Å². The van der Waals surface area contributed by atoms with Crippen LogP contribution in [0.5, 0.6) is 0 Å². The summed E-state index contributed by atoms with van der Waals surface area (Å²) in [5.74, 6) is 0.545. The van der Waals surface area contributed by atoms with E-state index in [1.165, 1.54) is 5.56 Å². The summed E-state index contributed by atoms with van der Waals surface area (Å²) >= 11 is 6.95. The van der Waals surface area contributed by atoms with Gasteiger partial charge in [0.25, 0.3) is 0 Å². The highest BCUT2D eigenvalue weighted by Gasteiger charge is 2.02. The van der Waals surface area contributed by atoms with E-state index in [2.05, 4.69) is 62.3 Å². The summed E-state index contributed by atoms with van der Waals surface area (Å²) in [7, 11) is 1.74. The lowest BCUT2D eigenvalue weighted by molar-refractivity contribution is 0.158. The molecule has 0 saturated heterocycles. The van der Waals surface area contributed by atoms with Gasteiger partial charge in [-0.15, -0.1) is 0 Å². The summed E-state index contributed by atoms with van der Waals surface area (Å²) < 4.78 is 7.27. The van der Waals surface area contributed by atoms with E-state index in [4.69, 9.17) is 4.74 Å². The van der Waals surface area contributed by atoms with E-state index in [0.29, 0.717) is 5.92 Å². The molecule has 4 heteroatoms. The van der Waals surface area contributed by atoms with Crippen molar-refractivity contribution in [3.8, 4) is 0 Å². The molecule has 0 heterocycles. The number of nitrogens with one attached hydrogen (secondary N) is 1. The van der Waals surface area contributed by atoms with E-state index < -0.39 is 0 Å². The minimum atomic E-state index is 0.545. The van der Waals surface area contributed by atoms with Gasteiger partial charge in [-0.05, 0) is 55.5 Å². The average molecular weight is 351 g/mol. The lowest BCUT2D eigenvalue weighted by Gasteiger charge is -2.11. The van der Waals surface area contributed by atoms with E-state index in [1.807, 2.05) is 0 Å². The van der Waals surface area contributed by atoms with E-state index in [1.54, 1.807) is 7.11 Å². The lowest BCUT2D eigenvalue weighted by atomic mass is 10.2. The van der Waals surface area contributed by atoms with Crippen LogP contribution in [0.25, 0.3) is 0 Å². The van der Waals surface area contributed by atoms with E-state index in [9.17, 15) is 0 Å². The Labute approximate surface area is 114 Å². The summed E-state index contributed by atoms with van der Waals surface area (Å²) in [6.07, 6.45) is 0. The van der Waals surface area contributed by atoms with Gasteiger partial charge in [0.1, 0.15) is 0 Å². The van der Waals surface area contributed by atoms with Crippen LogP contribution in [0.15, 0.2) is 27.1 Å². The Morgan fingerprint density at radius 2 is 2.06 bits per heavy atom. The highest BCUT2D eigenvalue weighted by Crippen LogP contribution is 2.23. The molecule has 0 aliphatic carbocycles. The van der Waals surface area contributed by atoms with Gasteiger partial charge in [0, 0.05) is 35.8 Å². The Balaban J connectivity index is 2.34. The van der Waals surface area contributed by atoms with Crippen molar-refractivity contribution in [1.82, 2.24) is 5.32 Å². The molecule has 0 radical (unpaired) electrons. The Hall–Kier alpha value is 0.1000. The van der Waals surface area contributed by atoms with Crippen molar-refractivity contribution >= 4 is 31.9 Å². The van der Waals surface area contributed by atoms with Gasteiger partial charge >= 0.3 is 0 Å². The number of hydrogen-bond acceptors (Lipinski definition) is 2. The maximum atomic E-state index is 5.09. The van der Waals surface area contributed by atoms with Crippen LogP contribution in [0.2, 0.25) is 0 Å². The van der Waals surface area contributed by atoms with Crippen LogP contribution in [-0.4, -0.2) is 20.3 Å². The van der Waals surface area contributed by atoms with E-state index in [0.717, 1.165) is 28.6 Å². The normalized spacial score (nSPS) is 12.8. The smallest absolute Gasteiger partial charge is 0.0499 e. The lowest BCUT2D eigenvalue weighted by Crippen LogP contribution is -2.23. The van der Waals surface area contributed by atoms with Crippen molar-refractivity contribution in [2.45, 2.75) is 13.5 Å².